The van der Waals surface area contributed by atoms with Gasteiger partial charge in [-0.1, -0.05) is 83.6 Å². The first-order valence-corrected chi connectivity index (χ1v) is 12.7. The van der Waals surface area contributed by atoms with Crippen LogP contribution in [0.15, 0.2) is 95.7 Å². The van der Waals surface area contributed by atoms with E-state index >= 15 is 0 Å². The number of hydrogen-bond donors (Lipinski definition) is 1. The highest BCUT2D eigenvalue weighted by Gasteiger charge is 2.08. The Balaban J connectivity index is 1.31. The fraction of sp³-hybridized carbons (Fsp3) is 0.267. The van der Waals surface area contributed by atoms with Crippen LogP contribution in [0.1, 0.15) is 23.1 Å². The normalized spacial score (nSPS) is 13.4. The number of benzene rings is 3. The van der Waals surface area contributed by atoms with Crippen molar-refractivity contribution < 1.29 is 19.0 Å². The Bertz CT molecular complexity index is 1190. The molecule has 0 amide bonds. The number of oxime groups is 1. The van der Waals surface area contributed by atoms with Crippen LogP contribution in [0.25, 0.3) is 0 Å². The van der Waals surface area contributed by atoms with Gasteiger partial charge in [-0.15, -0.1) is 0 Å². The SMILES string of the molecule is COc1ccc(CON=C(Cc2ccc(OCC(=S)NCC3=CCOCC3)cc2)c2ccccc2)cc1. The lowest BCUT2D eigenvalue weighted by Crippen LogP contribution is -2.29. The number of methoxy groups -OCH3 is 1. The molecule has 0 aliphatic carbocycles. The molecule has 1 N–H and O–H groups in total. The van der Waals surface area contributed by atoms with Gasteiger partial charge < -0.3 is 24.4 Å². The van der Waals surface area contributed by atoms with Crippen LogP contribution in [-0.4, -0.2) is 44.2 Å². The van der Waals surface area contributed by atoms with E-state index in [1.54, 1.807) is 7.11 Å². The number of rotatable bonds is 12. The number of nitrogens with one attached hydrogen (secondary N) is 1. The largest absolute Gasteiger partial charge is 0.497 e. The summed E-state index contributed by atoms with van der Waals surface area (Å²) in [7, 11) is 1.65. The van der Waals surface area contributed by atoms with Crippen molar-refractivity contribution in [2.75, 3.05) is 33.5 Å². The molecule has 1 aliphatic rings. The summed E-state index contributed by atoms with van der Waals surface area (Å²) in [4.78, 5) is 6.41. The Labute approximate surface area is 223 Å². The van der Waals surface area contributed by atoms with E-state index in [4.69, 9.17) is 31.3 Å². The summed E-state index contributed by atoms with van der Waals surface area (Å²) >= 11 is 5.42. The number of ether oxygens (including phenoxy) is 3. The smallest absolute Gasteiger partial charge is 0.142 e. The molecule has 3 aromatic rings. The van der Waals surface area contributed by atoms with Crippen molar-refractivity contribution in [1.29, 1.82) is 0 Å². The second-order valence-electron chi connectivity index (χ2n) is 8.60. The molecule has 0 aromatic heterocycles. The second-order valence-corrected chi connectivity index (χ2v) is 9.09. The van der Waals surface area contributed by atoms with E-state index in [9.17, 15) is 0 Å². The zero-order chi connectivity index (χ0) is 25.7. The molecular formula is C30H32N2O4S. The minimum Gasteiger partial charge on any atom is -0.497 e. The van der Waals surface area contributed by atoms with E-state index < -0.39 is 0 Å². The fourth-order valence-corrected chi connectivity index (χ4v) is 3.89. The molecule has 0 fully saturated rings. The molecule has 3 aromatic carbocycles. The molecule has 7 heteroatoms. The van der Waals surface area contributed by atoms with Crippen LogP contribution in [0, 0.1) is 0 Å². The standard InChI is InChI=1S/C30H32N2O4S/c1-33-27-11-9-25(10-12-27)21-36-32-29(26-5-3-2-4-6-26)19-23-7-13-28(14-8-23)35-22-30(37)31-20-24-15-17-34-18-16-24/h2-15H,16-22H2,1H3,(H,31,37). The average molecular weight is 517 g/mol. The summed E-state index contributed by atoms with van der Waals surface area (Å²) in [5.41, 5.74) is 5.33. The van der Waals surface area contributed by atoms with Crippen LogP contribution in [-0.2, 0) is 22.6 Å². The van der Waals surface area contributed by atoms with Crippen molar-refractivity contribution in [1.82, 2.24) is 5.32 Å². The molecule has 0 saturated carbocycles. The maximum Gasteiger partial charge on any atom is 0.142 e. The average Bonchev–Trinajstić information content (AvgIpc) is 2.96. The topological polar surface area (TPSA) is 61.3 Å². The second kappa shape index (κ2) is 14.2. The Hall–Kier alpha value is -3.68. The van der Waals surface area contributed by atoms with Crippen LogP contribution in [0.5, 0.6) is 11.5 Å². The molecule has 1 heterocycles. The highest BCUT2D eigenvalue weighted by atomic mass is 32.1. The lowest BCUT2D eigenvalue weighted by molar-refractivity contribution is 0.130. The third-order valence-electron chi connectivity index (χ3n) is 5.91. The van der Waals surface area contributed by atoms with Gasteiger partial charge in [0, 0.05) is 13.0 Å². The molecule has 0 spiro atoms. The predicted octanol–water partition coefficient (Wildman–Crippen LogP) is 5.50. The van der Waals surface area contributed by atoms with Gasteiger partial charge in [0.1, 0.15) is 29.7 Å². The predicted molar refractivity (Wildman–Crippen MR) is 151 cm³/mol. The monoisotopic (exact) mass is 516 g/mol. The molecule has 0 unspecified atom stereocenters. The van der Waals surface area contributed by atoms with Crippen molar-refractivity contribution in [3.8, 4) is 11.5 Å². The Morgan fingerprint density at radius 2 is 1.68 bits per heavy atom. The molecule has 0 radical (unpaired) electrons. The molecule has 192 valence electrons. The fourth-order valence-electron chi connectivity index (χ4n) is 3.76. The van der Waals surface area contributed by atoms with Gasteiger partial charge in [0.15, 0.2) is 0 Å². The summed E-state index contributed by atoms with van der Waals surface area (Å²) in [6.07, 6.45) is 3.68. The minimum absolute atomic E-state index is 0.342. The van der Waals surface area contributed by atoms with Gasteiger partial charge in [-0.05, 0) is 47.4 Å². The van der Waals surface area contributed by atoms with E-state index in [1.807, 2.05) is 78.9 Å². The maximum absolute atomic E-state index is 5.87. The number of hydrogen-bond acceptors (Lipinski definition) is 6. The van der Waals surface area contributed by atoms with Gasteiger partial charge in [-0.2, -0.15) is 0 Å². The van der Waals surface area contributed by atoms with E-state index in [2.05, 4.69) is 16.5 Å². The lowest BCUT2D eigenvalue weighted by Gasteiger charge is -2.15. The van der Waals surface area contributed by atoms with Gasteiger partial charge in [0.2, 0.25) is 0 Å². The van der Waals surface area contributed by atoms with Gasteiger partial charge in [-0.3, -0.25) is 0 Å². The summed E-state index contributed by atoms with van der Waals surface area (Å²) < 4.78 is 16.4. The number of thiocarbonyl (C=S) groups is 1. The van der Waals surface area contributed by atoms with Gasteiger partial charge in [0.05, 0.1) is 26.0 Å². The van der Waals surface area contributed by atoms with Crippen LogP contribution in [0.3, 0.4) is 0 Å². The molecular weight excluding hydrogens is 484 g/mol. The zero-order valence-corrected chi connectivity index (χ0v) is 21.8. The highest BCUT2D eigenvalue weighted by molar-refractivity contribution is 7.80. The highest BCUT2D eigenvalue weighted by Crippen LogP contribution is 2.16. The minimum atomic E-state index is 0.342. The van der Waals surface area contributed by atoms with Crippen molar-refractivity contribution in [3.63, 3.8) is 0 Å². The van der Waals surface area contributed by atoms with Crippen LogP contribution in [0.4, 0.5) is 0 Å². The summed E-state index contributed by atoms with van der Waals surface area (Å²) in [5.74, 6) is 1.59. The van der Waals surface area contributed by atoms with Crippen LogP contribution >= 0.6 is 12.2 Å². The third kappa shape index (κ3) is 8.74. The van der Waals surface area contributed by atoms with E-state index in [0.29, 0.717) is 31.2 Å². The van der Waals surface area contributed by atoms with Crippen molar-refractivity contribution >= 4 is 22.9 Å². The summed E-state index contributed by atoms with van der Waals surface area (Å²) in [5, 5.41) is 7.75. The molecule has 0 bridgehead atoms. The first kappa shape index (κ1) is 26.4. The zero-order valence-electron chi connectivity index (χ0n) is 21.0. The van der Waals surface area contributed by atoms with Crippen molar-refractivity contribution in [2.24, 2.45) is 5.16 Å². The van der Waals surface area contributed by atoms with Gasteiger partial charge >= 0.3 is 0 Å². The first-order chi connectivity index (χ1) is 18.2. The summed E-state index contributed by atoms with van der Waals surface area (Å²) in [6, 6.07) is 25.8. The molecule has 4 rings (SSSR count). The molecule has 0 saturated heterocycles. The van der Waals surface area contributed by atoms with Crippen molar-refractivity contribution in [2.45, 2.75) is 19.4 Å². The quantitative estimate of drug-likeness (QED) is 0.148. The van der Waals surface area contributed by atoms with Crippen LogP contribution in [0.2, 0.25) is 0 Å². The Morgan fingerprint density at radius 3 is 2.38 bits per heavy atom. The van der Waals surface area contributed by atoms with Crippen LogP contribution < -0.4 is 14.8 Å². The van der Waals surface area contributed by atoms with Gasteiger partial charge in [-0.25, -0.2) is 0 Å². The Kier molecular flexibility index (Phi) is 10.1. The third-order valence-corrected chi connectivity index (χ3v) is 6.17. The first-order valence-electron chi connectivity index (χ1n) is 12.3. The lowest BCUT2D eigenvalue weighted by atomic mass is 10.0. The number of nitrogens with zero attached hydrogens (tertiary/aromatic N) is 1. The van der Waals surface area contributed by atoms with E-state index in [0.717, 1.165) is 53.5 Å². The molecule has 1 aliphatic heterocycles. The van der Waals surface area contributed by atoms with E-state index in [-0.39, 0.29) is 0 Å². The molecule has 37 heavy (non-hydrogen) atoms. The van der Waals surface area contributed by atoms with Crippen molar-refractivity contribution in [3.05, 3.63) is 107 Å². The molecule has 6 nitrogen and oxygen atoms in total. The Morgan fingerprint density at radius 1 is 0.946 bits per heavy atom. The van der Waals surface area contributed by atoms with Gasteiger partial charge in [0.25, 0.3) is 0 Å². The maximum atomic E-state index is 5.87. The van der Waals surface area contributed by atoms with E-state index in [1.165, 1.54) is 5.57 Å². The summed E-state index contributed by atoms with van der Waals surface area (Å²) in [6.45, 7) is 2.92. The molecule has 0 atom stereocenters.